The second-order valence-electron chi connectivity index (χ2n) is 4.02. The molecule has 0 aromatic heterocycles. The number of allylic oxidation sites excluding steroid dienone is 4. The van der Waals surface area contributed by atoms with Crippen LogP contribution in [-0.2, 0) is 0 Å². The average Bonchev–Trinajstić information content (AvgIpc) is 1.94. The first kappa shape index (κ1) is 11.0. The van der Waals surface area contributed by atoms with Gasteiger partial charge in [-0.05, 0) is 18.3 Å². The van der Waals surface area contributed by atoms with E-state index in [2.05, 4.69) is 26.8 Å². The predicted octanol–water partition coefficient (Wildman–Crippen LogP) is 3.45. The molecule has 12 heavy (non-hydrogen) atoms. The van der Waals surface area contributed by atoms with Crippen LogP contribution in [0.2, 0.25) is 0 Å². The van der Waals surface area contributed by atoms with E-state index in [9.17, 15) is 0 Å². The van der Waals surface area contributed by atoms with Gasteiger partial charge in [0.1, 0.15) is 0 Å². The molecule has 0 aliphatic heterocycles. The Kier molecular flexibility index (Phi) is 5.12. The molecule has 0 heterocycles. The van der Waals surface area contributed by atoms with E-state index in [1.807, 2.05) is 12.1 Å². The Balaban J connectivity index is 3.51. The van der Waals surface area contributed by atoms with Gasteiger partial charge >= 0.3 is 0 Å². The zero-order chi connectivity index (χ0) is 9.45. The van der Waals surface area contributed by atoms with Gasteiger partial charge in [0.25, 0.3) is 0 Å². The zero-order valence-corrected chi connectivity index (χ0v) is 8.17. The summed E-state index contributed by atoms with van der Waals surface area (Å²) < 4.78 is 0. The van der Waals surface area contributed by atoms with Crippen molar-refractivity contribution in [2.24, 2.45) is 5.41 Å². The molecule has 0 aliphatic rings. The maximum absolute atomic E-state index is 8.18. The SMILES string of the molecule is CC(C)(C)CCC=CC=CC#N. The van der Waals surface area contributed by atoms with Crippen molar-refractivity contribution in [2.45, 2.75) is 33.6 Å². The monoisotopic (exact) mass is 163 g/mol. The summed E-state index contributed by atoms with van der Waals surface area (Å²) in [5.41, 5.74) is 0.406. The van der Waals surface area contributed by atoms with E-state index in [4.69, 9.17) is 5.26 Å². The average molecular weight is 163 g/mol. The minimum absolute atomic E-state index is 0.406. The molecule has 0 bridgehead atoms. The van der Waals surface area contributed by atoms with Gasteiger partial charge in [0.15, 0.2) is 0 Å². The molecule has 0 aromatic carbocycles. The Hall–Kier alpha value is -1.03. The highest BCUT2D eigenvalue weighted by Crippen LogP contribution is 2.20. The lowest BCUT2D eigenvalue weighted by atomic mass is 9.90. The smallest absolute Gasteiger partial charge is 0.0912 e. The lowest BCUT2D eigenvalue weighted by molar-refractivity contribution is 0.381. The molecule has 0 aromatic rings. The predicted molar refractivity (Wildman–Crippen MR) is 52.6 cm³/mol. The molecule has 0 N–H and O–H groups in total. The number of rotatable bonds is 3. The molecule has 0 saturated carbocycles. The van der Waals surface area contributed by atoms with Gasteiger partial charge in [-0.3, -0.25) is 0 Å². The summed E-state index contributed by atoms with van der Waals surface area (Å²) in [6.45, 7) is 6.68. The van der Waals surface area contributed by atoms with Gasteiger partial charge in [-0.25, -0.2) is 0 Å². The molecule has 0 atom stereocenters. The molecular formula is C11H17N. The van der Waals surface area contributed by atoms with Gasteiger partial charge in [-0.2, -0.15) is 5.26 Å². The minimum Gasteiger partial charge on any atom is -0.193 e. The molecule has 0 rings (SSSR count). The largest absolute Gasteiger partial charge is 0.193 e. The van der Waals surface area contributed by atoms with Gasteiger partial charge in [-0.1, -0.05) is 39.0 Å². The maximum atomic E-state index is 8.18. The normalized spacial score (nSPS) is 12.5. The highest BCUT2D eigenvalue weighted by molar-refractivity contribution is 5.11. The van der Waals surface area contributed by atoms with E-state index in [0.717, 1.165) is 6.42 Å². The second kappa shape index (κ2) is 5.60. The molecule has 66 valence electrons. The summed E-state index contributed by atoms with van der Waals surface area (Å²) in [7, 11) is 0. The summed E-state index contributed by atoms with van der Waals surface area (Å²) in [6, 6.07) is 1.94. The topological polar surface area (TPSA) is 23.8 Å². The minimum atomic E-state index is 0.406. The van der Waals surface area contributed by atoms with Crippen LogP contribution >= 0.6 is 0 Å². The fourth-order valence-corrected chi connectivity index (χ4v) is 0.790. The third kappa shape index (κ3) is 8.97. The van der Waals surface area contributed by atoms with Crippen molar-refractivity contribution in [1.29, 1.82) is 5.26 Å². The van der Waals surface area contributed by atoms with Crippen LogP contribution in [0.1, 0.15) is 33.6 Å². The first-order valence-corrected chi connectivity index (χ1v) is 4.27. The summed E-state index contributed by atoms with van der Waals surface area (Å²) >= 11 is 0. The highest BCUT2D eigenvalue weighted by Gasteiger charge is 2.06. The Bertz CT molecular complexity index is 198. The number of hydrogen-bond donors (Lipinski definition) is 0. The highest BCUT2D eigenvalue weighted by atomic mass is 14.2. The number of nitriles is 1. The van der Waals surface area contributed by atoms with Crippen molar-refractivity contribution in [3.05, 3.63) is 24.3 Å². The van der Waals surface area contributed by atoms with E-state index >= 15 is 0 Å². The van der Waals surface area contributed by atoms with E-state index in [0.29, 0.717) is 5.41 Å². The van der Waals surface area contributed by atoms with Crippen molar-refractivity contribution < 1.29 is 0 Å². The van der Waals surface area contributed by atoms with Gasteiger partial charge < -0.3 is 0 Å². The third-order valence-electron chi connectivity index (χ3n) is 1.48. The molecule has 0 fully saturated rings. The second-order valence-corrected chi connectivity index (χ2v) is 4.02. The summed E-state index contributed by atoms with van der Waals surface area (Å²) in [5, 5.41) is 8.18. The van der Waals surface area contributed by atoms with Crippen LogP contribution in [-0.4, -0.2) is 0 Å². The lowest BCUT2D eigenvalue weighted by Gasteiger charge is -2.15. The Morgan fingerprint density at radius 3 is 2.42 bits per heavy atom. The van der Waals surface area contributed by atoms with E-state index in [1.165, 1.54) is 12.5 Å². The molecule has 0 radical (unpaired) electrons. The fourth-order valence-electron chi connectivity index (χ4n) is 0.790. The molecule has 1 heteroatoms. The molecular weight excluding hydrogens is 146 g/mol. The standard InChI is InChI=1S/C11H17N/c1-11(2,3)9-7-5-4-6-8-10-12/h4-6,8H,7,9H2,1-3H3. The third-order valence-corrected chi connectivity index (χ3v) is 1.48. The molecule has 1 nitrogen and oxygen atoms in total. The summed E-state index contributed by atoms with van der Waals surface area (Å²) in [6.07, 6.45) is 9.54. The fraction of sp³-hybridized carbons (Fsp3) is 0.545. The maximum Gasteiger partial charge on any atom is 0.0912 e. The van der Waals surface area contributed by atoms with Crippen LogP contribution in [0.4, 0.5) is 0 Å². The van der Waals surface area contributed by atoms with Gasteiger partial charge in [-0.15, -0.1) is 0 Å². The van der Waals surface area contributed by atoms with Crippen molar-refractivity contribution >= 4 is 0 Å². The number of nitrogens with zero attached hydrogens (tertiary/aromatic N) is 1. The molecule has 0 spiro atoms. The quantitative estimate of drug-likeness (QED) is 0.462. The molecule has 0 unspecified atom stereocenters. The van der Waals surface area contributed by atoms with Crippen LogP contribution in [0.5, 0.6) is 0 Å². The summed E-state index contributed by atoms with van der Waals surface area (Å²) in [5.74, 6) is 0. The van der Waals surface area contributed by atoms with Crippen LogP contribution in [0.25, 0.3) is 0 Å². The Morgan fingerprint density at radius 2 is 1.92 bits per heavy atom. The van der Waals surface area contributed by atoms with Crippen LogP contribution in [0.15, 0.2) is 24.3 Å². The van der Waals surface area contributed by atoms with Crippen molar-refractivity contribution in [1.82, 2.24) is 0 Å². The van der Waals surface area contributed by atoms with Crippen molar-refractivity contribution in [2.75, 3.05) is 0 Å². The Labute approximate surface area is 75.4 Å². The van der Waals surface area contributed by atoms with E-state index in [-0.39, 0.29) is 0 Å². The van der Waals surface area contributed by atoms with Crippen molar-refractivity contribution in [3.63, 3.8) is 0 Å². The van der Waals surface area contributed by atoms with E-state index in [1.54, 1.807) is 6.08 Å². The van der Waals surface area contributed by atoms with Crippen molar-refractivity contribution in [3.8, 4) is 6.07 Å². The van der Waals surface area contributed by atoms with Crippen LogP contribution in [0, 0.1) is 16.7 Å². The van der Waals surface area contributed by atoms with Crippen LogP contribution < -0.4 is 0 Å². The van der Waals surface area contributed by atoms with Crippen LogP contribution in [0.3, 0.4) is 0 Å². The van der Waals surface area contributed by atoms with Gasteiger partial charge in [0.05, 0.1) is 6.07 Å². The van der Waals surface area contributed by atoms with E-state index < -0.39 is 0 Å². The lowest BCUT2D eigenvalue weighted by Crippen LogP contribution is -2.02. The molecule has 0 saturated heterocycles. The number of hydrogen-bond acceptors (Lipinski definition) is 1. The summed E-state index contributed by atoms with van der Waals surface area (Å²) in [4.78, 5) is 0. The van der Waals surface area contributed by atoms with Gasteiger partial charge in [0, 0.05) is 6.08 Å². The first-order chi connectivity index (χ1) is 5.56. The zero-order valence-electron chi connectivity index (χ0n) is 8.17. The first-order valence-electron chi connectivity index (χ1n) is 4.27. The Morgan fingerprint density at radius 1 is 1.25 bits per heavy atom. The molecule has 0 amide bonds. The molecule has 0 aliphatic carbocycles. The van der Waals surface area contributed by atoms with Gasteiger partial charge in [0.2, 0.25) is 0 Å².